The molecule has 0 N–H and O–H groups in total. The molecule has 37 heavy (non-hydrogen) atoms. The van der Waals surface area contributed by atoms with E-state index in [1.165, 1.54) is 89.2 Å². The molecule has 2 rings (SSSR count). The Hall–Kier alpha value is -3.20. The molecule has 0 spiro atoms. The molecule has 0 fully saturated rings. The molecule has 0 aliphatic carbocycles. The Bertz CT molecular complexity index is 968. The van der Waals surface area contributed by atoms with E-state index in [-0.39, 0.29) is 0 Å². The van der Waals surface area contributed by atoms with E-state index >= 15 is 0 Å². The minimum absolute atomic E-state index is 0.686. The molecule has 2 aromatic rings. The first-order valence-corrected chi connectivity index (χ1v) is 14.1. The van der Waals surface area contributed by atoms with Gasteiger partial charge in [0.25, 0.3) is 0 Å². The lowest BCUT2D eigenvalue weighted by Crippen LogP contribution is -2.06. The van der Waals surface area contributed by atoms with Crippen LogP contribution >= 0.6 is 0 Å². The topological polar surface area (TPSA) is 43.4 Å². The van der Waals surface area contributed by atoms with Crippen LogP contribution in [0.25, 0.3) is 18.2 Å². The number of allylic oxidation sites excluding steroid dienone is 1. The SMILES string of the molecule is CCCCCCCCCCCCCCC=Cc1ccc(C=CC(=O)OC(=O)C=Cc2ccccc2)cc1. The van der Waals surface area contributed by atoms with Gasteiger partial charge in [0.15, 0.2) is 0 Å². The number of ether oxygens (including phenoxy) is 1. The highest BCUT2D eigenvalue weighted by atomic mass is 16.6. The van der Waals surface area contributed by atoms with Gasteiger partial charge in [-0.1, -0.05) is 144 Å². The summed E-state index contributed by atoms with van der Waals surface area (Å²) >= 11 is 0. The number of rotatable bonds is 18. The summed E-state index contributed by atoms with van der Waals surface area (Å²) in [4.78, 5) is 23.7. The largest absolute Gasteiger partial charge is 0.387 e. The molecular weight excluding hydrogens is 456 g/mol. The van der Waals surface area contributed by atoms with Gasteiger partial charge in [-0.05, 0) is 41.7 Å². The quantitative estimate of drug-likeness (QED) is 0.0885. The van der Waals surface area contributed by atoms with Crippen molar-refractivity contribution >= 4 is 30.2 Å². The van der Waals surface area contributed by atoms with Crippen molar-refractivity contribution in [1.82, 2.24) is 0 Å². The second-order valence-corrected chi connectivity index (χ2v) is 9.56. The standard InChI is InChI=1S/C34H44O3/c1-2-3-4-5-6-7-8-9-10-11-12-13-14-16-21-31-22-24-32(25-23-31)27-29-34(36)37-33(35)28-26-30-19-17-15-18-20-30/h15-29H,2-14H2,1H3. The maximum atomic E-state index is 11.9. The van der Waals surface area contributed by atoms with E-state index in [1.54, 1.807) is 12.2 Å². The monoisotopic (exact) mass is 500 g/mol. The van der Waals surface area contributed by atoms with Crippen molar-refractivity contribution in [3.05, 3.63) is 89.5 Å². The normalized spacial score (nSPS) is 11.6. The van der Waals surface area contributed by atoms with E-state index < -0.39 is 11.9 Å². The molecule has 2 aromatic carbocycles. The molecular formula is C34H44O3. The first kappa shape index (κ1) is 30.0. The Morgan fingerprint density at radius 2 is 1.00 bits per heavy atom. The van der Waals surface area contributed by atoms with Gasteiger partial charge in [-0.15, -0.1) is 0 Å². The predicted molar refractivity (Wildman–Crippen MR) is 157 cm³/mol. The van der Waals surface area contributed by atoms with E-state index in [1.807, 2.05) is 54.6 Å². The van der Waals surface area contributed by atoms with Crippen LogP contribution in [0.15, 0.2) is 72.8 Å². The summed E-state index contributed by atoms with van der Waals surface area (Å²) in [5.74, 6) is -1.37. The van der Waals surface area contributed by atoms with E-state index in [2.05, 4.69) is 19.1 Å². The fraction of sp³-hybridized carbons (Fsp3) is 0.412. The van der Waals surface area contributed by atoms with Gasteiger partial charge in [-0.25, -0.2) is 9.59 Å². The van der Waals surface area contributed by atoms with Crippen molar-refractivity contribution in [3.63, 3.8) is 0 Å². The van der Waals surface area contributed by atoms with Gasteiger partial charge in [0.1, 0.15) is 0 Å². The number of esters is 2. The second-order valence-electron chi connectivity index (χ2n) is 9.56. The van der Waals surface area contributed by atoms with Crippen molar-refractivity contribution in [2.45, 2.75) is 90.4 Å². The zero-order valence-corrected chi connectivity index (χ0v) is 22.6. The summed E-state index contributed by atoms with van der Waals surface area (Å²) in [7, 11) is 0. The first-order valence-electron chi connectivity index (χ1n) is 14.1. The number of hydrogen-bond donors (Lipinski definition) is 0. The summed E-state index contributed by atoms with van der Waals surface area (Å²) in [6.45, 7) is 2.27. The predicted octanol–water partition coefficient (Wildman–Crippen LogP) is 9.59. The van der Waals surface area contributed by atoms with Crippen LogP contribution < -0.4 is 0 Å². The van der Waals surface area contributed by atoms with E-state index in [9.17, 15) is 9.59 Å². The van der Waals surface area contributed by atoms with Crippen LogP contribution in [0.5, 0.6) is 0 Å². The van der Waals surface area contributed by atoms with Gasteiger partial charge in [0.2, 0.25) is 0 Å². The molecule has 198 valence electrons. The van der Waals surface area contributed by atoms with Crippen molar-refractivity contribution in [2.75, 3.05) is 0 Å². The summed E-state index contributed by atoms with van der Waals surface area (Å²) in [5.41, 5.74) is 2.88. The molecule has 0 saturated heterocycles. The molecule has 3 nitrogen and oxygen atoms in total. The maximum Gasteiger partial charge on any atom is 0.338 e. The van der Waals surface area contributed by atoms with Crippen LogP contribution in [0.3, 0.4) is 0 Å². The van der Waals surface area contributed by atoms with Gasteiger partial charge in [-0.2, -0.15) is 0 Å². The zero-order valence-electron chi connectivity index (χ0n) is 22.6. The van der Waals surface area contributed by atoms with Gasteiger partial charge >= 0.3 is 11.9 Å². The Kier molecular flexibility index (Phi) is 16.2. The van der Waals surface area contributed by atoms with E-state index in [0.717, 1.165) is 23.1 Å². The third-order valence-corrected chi connectivity index (χ3v) is 6.30. The van der Waals surface area contributed by atoms with Crippen LogP contribution in [-0.2, 0) is 14.3 Å². The van der Waals surface area contributed by atoms with Crippen LogP contribution in [0, 0.1) is 0 Å². The van der Waals surface area contributed by atoms with Crippen molar-refractivity contribution in [2.24, 2.45) is 0 Å². The Morgan fingerprint density at radius 3 is 1.51 bits per heavy atom. The summed E-state index contributed by atoms with van der Waals surface area (Å²) < 4.78 is 4.79. The average Bonchev–Trinajstić information content (AvgIpc) is 2.92. The van der Waals surface area contributed by atoms with Crippen LogP contribution in [0.4, 0.5) is 0 Å². The second kappa shape index (κ2) is 19.9. The molecule has 0 amide bonds. The zero-order chi connectivity index (χ0) is 26.4. The van der Waals surface area contributed by atoms with Crippen molar-refractivity contribution in [1.29, 1.82) is 0 Å². The van der Waals surface area contributed by atoms with Crippen LogP contribution in [-0.4, -0.2) is 11.9 Å². The van der Waals surface area contributed by atoms with E-state index in [0.29, 0.717) is 0 Å². The highest BCUT2D eigenvalue weighted by Crippen LogP contribution is 2.13. The van der Waals surface area contributed by atoms with Crippen molar-refractivity contribution < 1.29 is 14.3 Å². The minimum atomic E-state index is -0.688. The first-order chi connectivity index (χ1) is 18.2. The molecule has 3 heteroatoms. The number of carbonyl (C=O) groups is 2. The number of carbonyl (C=O) groups excluding carboxylic acids is 2. The Labute approximate surface area is 224 Å². The van der Waals surface area contributed by atoms with E-state index in [4.69, 9.17) is 4.74 Å². The molecule has 0 heterocycles. The minimum Gasteiger partial charge on any atom is -0.387 e. The van der Waals surface area contributed by atoms with Gasteiger partial charge in [0.05, 0.1) is 0 Å². The molecule has 0 radical (unpaired) electrons. The summed E-state index contributed by atoms with van der Waals surface area (Å²) in [6, 6.07) is 17.3. The summed E-state index contributed by atoms with van der Waals surface area (Å²) in [6.07, 6.45) is 27.8. The van der Waals surface area contributed by atoms with Crippen LogP contribution in [0.2, 0.25) is 0 Å². The third-order valence-electron chi connectivity index (χ3n) is 6.30. The molecule has 0 aliphatic heterocycles. The summed E-state index contributed by atoms with van der Waals surface area (Å²) in [5, 5.41) is 0. The highest BCUT2D eigenvalue weighted by molar-refractivity contribution is 5.99. The number of unbranched alkanes of at least 4 members (excludes halogenated alkanes) is 12. The Balaban J connectivity index is 1.55. The highest BCUT2D eigenvalue weighted by Gasteiger charge is 2.03. The molecule has 0 atom stereocenters. The van der Waals surface area contributed by atoms with Gasteiger partial charge in [0, 0.05) is 12.2 Å². The average molecular weight is 501 g/mol. The fourth-order valence-corrected chi connectivity index (χ4v) is 4.10. The molecule has 0 aliphatic rings. The lowest BCUT2D eigenvalue weighted by molar-refractivity contribution is -0.152. The number of hydrogen-bond acceptors (Lipinski definition) is 3. The lowest BCUT2D eigenvalue weighted by Gasteiger charge is -2.02. The molecule has 0 bridgehead atoms. The Morgan fingerprint density at radius 1 is 0.568 bits per heavy atom. The molecule has 0 unspecified atom stereocenters. The third kappa shape index (κ3) is 15.5. The van der Waals surface area contributed by atoms with Crippen LogP contribution in [0.1, 0.15) is 107 Å². The van der Waals surface area contributed by atoms with Crippen molar-refractivity contribution in [3.8, 4) is 0 Å². The fourth-order valence-electron chi connectivity index (χ4n) is 4.10. The lowest BCUT2D eigenvalue weighted by atomic mass is 10.0. The van der Waals surface area contributed by atoms with Gasteiger partial charge in [-0.3, -0.25) is 0 Å². The molecule has 0 aromatic heterocycles. The van der Waals surface area contributed by atoms with Gasteiger partial charge < -0.3 is 4.74 Å². The smallest absolute Gasteiger partial charge is 0.338 e. The maximum absolute atomic E-state index is 11.9. The molecule has 0 saturated carbocycles. The number of benzene rings is 2.